The van der Waals surface area contributed by atoms with Gasteiger partial charge in [0.05, 0.1) is 32.3 Å². The minimum Gasteiger partial charge on any atom is -0.493 e. The first kappa shape index (κ1) is 24.9. The Bertz CT molecular complexity index is 634. The Morgan fingerprint density at radius 3 is 1.97 bits per heavy atom. The van der Waals surface area contributed by atoms with E-state index < -0.39 is 11.9 Å². The molecular weight excluding hydrogens is 374 g/mol. The maximum absolute atomic E-state index is 11.5. The Morgan fingerprint density at radius 2 is 1.48 bits per heavy atom. The molecule has 0 aliphatic rings. The van der Waals surface area contributed by atoms with Crippen LogP contribution in [-0.2, 0) is 11.2 Å². The first-order chi connectivity index (χ1) is 14.0. The van der Waals surface area contributed by atoms with E-state index in [0.717, 1.165) is 12.0 Å². The second kappa shape index (κ2) is 13.1. The molecular formula is C22H37NO6. The topological polar surface area (TPSA) is 100 Å². The van der Waals surface area contributed by atoms with Gasteiger partial charge >= 0.3 is 5.97 Å². The van der Waals surface area contributed by atoms with Gasteiger partial charge in [-0.05, 0) is 46.5 Å². The van der Waals surface area contributed by atoms with Crippen LogP contribution in [0.2, 0.25) is 0 Å². The fourth-order valence-corrected chi connectivity index (χ4v) is 3.33. The maximum Gasteiger partial charge on any atom is 0.307 e. The van der Waals surface area contributed by atoms with Gasteiger partial charge in [0.1, 0.15) is 5.75 Å². The molecule has 0 radical (unpaired) electrons. The van der Waals surface area contributed by atoms with Crippen molar-refractivity contribution in [3.05, 3.63) is 11.6 Å². The fraction of sp³-hybridized carbons (Fsp3) is 0.682. The van der Waals surface area contributed by atoms with Crippen molar-refractivity contribution in [2.75, 3.05) is 33.0 Å². The van der Waals surface area contributed by atoms with Gasteiger partial charge in [-0.2, -0.15) is 0 Å². The van der Waals surface area contributed by atoms with E-state index >= 15 is 0 Å². The summed E-state index contributed by atoms with van der Waals surface area (Å²) in [5, 5.41) is 9.40. The van der Waals surface area contributed by atoms with Crippen LogP contribution in [0.3, 0.4) is 0 Å². The summed E-state index contributed by atoms with van der Waals surface area (Å²) in [4.78, 5) is 11.5. The van der Waals surface area contributed by atoms with Crippen LogP contribution >= 0.6 is 0 Å². The van der Waals surface area contributed by atoms with E-state index in [0.29, 0.717) is 62.3 Å². The number of carbonyl (C=O) groups is 1. The van der Waals surface area contributed by atoms with Gasteiger partial charge in [-0.15, -0.1) is 0 Å². The quantitative estimate of drug-likeness (QED) is 0.451. The summed E-state index contributed by atoms with van der Waals surface area (Å²) in [6.07, 6.45) is 1.92. The third-order valence-electron chi connectivity index (χ3n) is 4.76. The van der Waals surface area contributed by atoms with Crippen LogP contribution in [0.25, 0.3) is 0 Å². The molecule has 0 spiro atoms. The minimum absolute atomic E-state index is 0.116. The SMILES string of the molecule is CCOc1cc(OCC)c(OCC)c(OCC)c1CC(CC)CC(CN)C(=O)O. The molecule has 2 unspecified atom stereocenters. The van der Waals surface area contributed by atoms with E-state index in [9.17, 15) is 9.90 Å². The molecule has 1 rings (SSSR count). The minimum atomic E-state index is -0.859. The van der Waals surface area contributed by atoms with Crippen LogP contribution in [-0.4, -0.2) is 44.0 Å². The summed E-state index contributed by atoms with van der Waals surface area (Å²) in [6.45, 7) is 11.8. The van der Waals surface area contributed by atoms with E-state index in [1.54, 1.807) is 0 Å². The van der Waals surface area contributed by atoms with Crippen molar-refractivity contribution < 1.29 is 28.8 Å². The van der Waals surface area contributed by atoms with E-state index in [1.165, 1.54) is 0 Å². The average molecular weight is 412 g/mol. The lowest BCUT2D eigenvalue weighted by Crippen LogP contribution is -2.26. The van der Waals surface area contributed by atoms with Crippen molar-refractivity contribution in [3.8, 4) is 23.0 Å². The van der Waals surface area contributed by atoms with E-state index in [-0.39, 0.29) is 12.5 Å². The second-order valence-corrected chi connectivity index (χ2v) is 6.73. The van der Waals surface area contributed by atoms with E-state index in [1.807, 2.05) is 33.8 Å². The molecule has 0 saturated carbocycles. The number of carboxylic acids is 1. The predicted molar refractivity (Wildman–Crippen MR) is 113 cm³/mol. The van der Waals surface area contributed by atoms with Crippen molar-refractivity contribution in [3.63, 3.8) is 0 Å². The van der Waals surface area contributed by atoms with Gasteiger partial charge in [0, 0.05) is 18.2 Å². The molecule has 0 aliphatic carbocycles. The lowest BCUT2D eigenvalue weighted by atomic mass is 9.87. The fourth-order valence-electron chi connectivity index (χ4n) is 3.33. The zero-order valence-corrected chi connectivity index (χ0v) is 18.5. The third-order valence-corrected chi connectivity index (χ3v) is 4.76. The molecule has 166 valence electrons. The largest absolute Gasteiger partial charge is 0.493 e. The third kappa shape index (κ3) is 6.99. The highest BCUT2D eigenvalue weighted by Gasteiger charge is 2.27. The molecule has 2 atom stereocenters. The van der Waals surface area contributed by atoms with Crippen molar-refractivity contribution in [1.29, 1.82) is 0 Å². The Kier molecular flexibility index (Phi) is 11.3. The first-order valence-corrected chi connectivity index (χ1v) is 10.6. The van der Waals surface area contributed by atoms with Crippen LogP contribution < -0.4 is 24.7 Å². The Labute approximate surface area is 174 Å². The monoisotopic (exact) mass is 411 g/mol. The highest BCUT2D eigenvalue weighted by atomic mass is 16.5. The molecule has 0 saturated heterocycles. The highest BCUT2D eigenvalue weighted by Crippen LogP contribution is 2.47. The number of aliphatic carboxylic acids is 1. The van der Waals surface area contributed by atoms with Gasteiger partial charge in [0.25, 0.3) is 0 Å². The van der Waals surface area contributed by atoms with Crippen molar-refractivity contribution in [2.45, 2.75) is 53.9 Å². The smallest absolute Gasteiger partial charge is 0.307 e. The van der Waals surface area contributed by atoms with Crippen LogP contribution in [0.1, 0.15) is 53.0 Å². The number of benzene rings is 1. The van der Waals surface area contributed by atoms with E-state index in [2.05, 4.69) is 6.92 Å². The molecule has 0 aromatic heterocycles. The number of hydrogen-bond acceptors (Lipinski definition) is 6. The van der Waals surface area contributed by atoms with Crippen LogP contribution in [0.4, 0.5) is 0 Å². The zero-order valence-electron chi connectivity index (χ0n) is 18.5. The molecule has 29 heavy (non-hydrogen) atoms. The van der Waals surface area contributed by atoms with Gasteiger partial charge in [-0.1, -0.05) is 13.3 Å². The van der Waals surface area contributed by atoms with Gasteiger partial charge in [-0.25, -0.2) is 0 Å². The molecule has 1 aromatic rings. The number of rotatable bonds is 15. The van der Waals surface area contributed by atoms with Gasteiger partial charge < -0.3 is 29.8 Å². The Morgan fingerprint density at radius 1 is 0.931 bits per heavy atom. The molecule has 1 aromatic carbocycles. The number of nitrogens with two attached hydrogens (primary N) is 1. The lowest BCUT2D eigenvalue weighted by Gasteiger charge is -2.25. The molecule has 0 bridgehead atoms. The molecule has 3 N–H and O–H groups in total. The molecule has 0 aliphatic heterocycles. The molecule has 0 heterocycles. The van der Waals surface area contributed by atoms with Gasteiger partial charge in [0.15, 0.2) is 11.5 Å². The summed E-state index contributed by atoms with van der Waals surface area (Å²) >= 11 is 0. The maximum atomic E-state index is 11.5. The molecule has 0 amide bonds. The number of carboxylic acid groups (broad SMARTS) is 1. The normalized spacial score (nSPS) is 12.9. The number of hydrogen-bond donors (Lipinski definition) is 2. The summed E-state index contributed by atoms with van der Waals surface area (Å²) in [7, 11) is 0. The highest BCUT2D eigenvalue weighted by molar-refractivity contribution is 5.70. The van der Waals surface area contributed by atoms with Crippen molar-refractivity contribution >= 4 is 5.97 Å². The Balaban J connectivity index is 3.45. The standard InChI is InChI=1S/C22H37NO6/c1-6-15(11-16(14-23)22(24)25)12-17-18(26-7-2)13-19(27-8-3)21(29-10-5)20(17)28-9-4/h13,15-16H,6-12,14,23H2,1-5H3,(H,24,25). The first-order valence-electron chi connectivity index (χ1n) is 10.6. The zero-order chi connectivity index (χ0) is 21.8. The Hall–Kier alpha value is -2.15. The second-order valence-electron chi connectivity index (χ2n) is 6.73. The summed E-state index contributed by atoms with van der Waals surface area (Å²) in [5.74, 6) is 1.14. The predicted octanol–water partition coefficient (Wildman–Crippen LogP) is 3.90. The van der Waals surface area contributed by atoms with Crippen molar-refractivity contribution in [2.24, 2.45) is 17.6 Å². The molecule has 7 nitrogen and oxygen atoms in total. The summed E-state index contributed by atoms with van der Waals surface area (Å²) < 4.78 is 23.6. The van der Waals surface area contributed by atoms with Gasteiger partial charge in [0.2, 0.25) is 5.75 Å². The summed E-state index contributed by atoms with van der Waals surface area (Å²) in [6, 6.07) is 1.85. The molecule has 0 fully saturated rings. The average Bonchev–Trinajstić information content (AvgIpc) is 2.69. The van der Waals surface area contributed by atoms with Crippen LogP contribution in [0.5, 0.6) is 23.0 Å². The van der Waals surface area contributed by atoms with Crippen LogP contribution in [0, 0.1) is 11.8 Å². The van der Waals surface area contributed by atoms with E-state index in [4.69, 9.17) is 24.7 Å². The van der Waals surface area contributed by atoms with Crippen molar-refractivity contribution in [1.82, 2.24) is 0 Å². The summed E-state index contributed by atoms with van der Waals surface area (Å²) in [5.41, 5.74) is 6.56. The van der Waals surface area contributed by atoms with Crippen LogP contribution in [0.15, 0.2) is 6.07 Å². The van der Waals surface area contributed by atoms with Gasteiger partial charge in [-0.3, -0.25) is 4.79 Å². The number of ether oxygens (including phenoxy) is 4. The lowest BCUT2D eigenvalue weighted by molar-refractivity contribution is -0.142. The molecule has 7 heteroatoms.